The SMILES string of the molecule is C=CCOC(=N)N(C(=O)NSC(C)(C)C)C(=O)N(C)C. The molecule has 0 aliphatic rings. The summed E-state index contributed by atoms with van der Waals surface area (Å²) in [4.78, 5) is 25.8. The summed E-state index contributed by atoms with van der Waals surface area (Å²) in [5.74, 6) is 0. The number of carbonyl (C=O) groups excluding carboxylic acids is 2. The van der Waals surface area contributed by atoms with Crippen LogP contribution in [0.15, 0.2) is 12.7 Å². The van der Waals surface area contributed by atoms with Gasteiger partial charge in [-0.2, -0.15) is 4.90 Å². The molecule has 0 radical (unpaired) electrons. The van der Waals surface area contributed by atoms with Crippen molar-refractivity contribution in [1.82, 2.24) is 14.5 Å². The second kappa shape index (κ2) is 7.78. The van der Waals surface area contributed by atoms with Crippen LogP contribution in [0.2, 0.25) is 0 Å². The summed E-state index contributed by atoms with van der Waals surface area (Å²) >= 11 is 1.16. The van der Waals surface area contributed by atoms with E-state index in [2.05, 4.69) is 11.3 Å². The molecule has 20 heavy (non-hydrogen) atoms. The lowest BCUT2D eigenvalue weighted by Crippen LogP contribution is -2.50. The Morgan fingerprint density at radius 3 is 2.35 bits per heavy atom. The second-order valence-electron chi connectivity index (χ2n) is 5.04. The molecule has 0 aromatic heterocycles. The maximum atomic E-state index is 12.0. The van der Waals surface area contributed by atoms with Gasteiger partial charge in [-0.25, -0.2) is 9.59 Å². The molecule has 0 atom stereocenters. The molecule has 0 heterocycles. The normalized spacial score (nSPS) is 10.4. The molecule has 8 heteroatoms. The molecule has 0 aliphatic heterocycles. The van der Waals surface area contributed by atoms with Crippen molar-refractivity contribution in [3.05, 3.63) is 12.7 Å². The van der Waals surface area contributed by atoms with Crippen LogP contribution < -0.4 is 4.72 Å². The van der Waals surface area contributed by atoms with Crippen LogP contribution in [0.3, 0.4) is 0 Å². The van der Waals surface area contributed by atoms with Gasteiger partial charge < -0.3 is 9.64 Å². The zero-order chi connectivity index (χ0) is 15.9. The van der Waals surface area contributed by atoms with E-state index in [1.807, 2.05) is 20.8 Å². The number of amides is 4. The van der Waals surface area contributed by atoms with Gasteiger partial charge in [-0.05, 0) is 32.7 Å². The number of carbonyl (C=O) groups is 2. The predicted octanol–water partition coefficient (Wildman–Crippen LogP) is 2.26. The van der Waals surface area contributed by atoms with Gasteiger partial charge in [0.15, 0.2) is 0 Å². The molecule has 114 valence electrons. The highest BCUT2D eigenvalue weighted by molar-refractivity contribution is 7.99. The molecule has 0 fully saturated rings. The van der Waals surface area contributed by atoms with Gasteiger partial charge in [0.25, 0.3) is 0 Å². The Balaban J connectivity index is 4.93. The fourth-order valence-corrected chi connectivity index (χ4v) is 1.40. The van der Waals surface area contributed by atoms with Crippen LogP contribution in [-0.2, 0) is 4.74 Å². The first-order valence-electron chi connectivity index (χ1n) is 5.91. The summed E-state index contributed by atoms with van der Waals surface area (Å²) in [5, 5.41) is 7.68. The predicted molar refractivity (Wildman–Crippen MR) is 80.7 cm³/mol. The van der Waals surface area contributed by atoms with Crippen LogP contribution in [0.1, 0.15) is 20.8 Å². The van der Waals surface area contributed by atoms with Crippen molar-refractivity contribution < 1.29 is 14.3 Å². The summed E-state index contributed by atoms with van der Waals surface area (Å²) in [6, 6.07) is -1.93. The van der Waals surface area contributed by atoms with Crippen molar-refractivity contribution >= 4 is 30.0 Å². The minimum atomic E-state index is -0.724. The van der Waals surface area contributed by atoms with Crippen LogP contribution in [0, 0.1) is 5.41 Å². The standard InChI is InChI=1S/C12H22N4O3S/c1-7-8-19-9(13)16(11(18)15(5)6)10(17)14-20-12(2,3)4/h7,13H,1,8H2,2-6H3,(H,14,17). The van der Waals surface area contributed by atoms with Crippen molar-refractivity contribution in [1.29, 1.82) is 5.41 Å². The highest BCUT2D eigenvalue weighted by Gasteiger charge is 2.29. The topological polar surface area (TPSA) is 85.7 Å². The van der Waals surface area contributed by atoms with Crippen LogP contribution in [-0.4, -0.2) is 53.3 Å². The van der Waals surface area contributed by atoms with Crippen LogP contribution >= 0.6 is 11.9 Å². The van der Waals surface area contributed by atoms with E-state index in [1.165, 1.54) is 25.1 Å². The van der Waals surface area contributed by atoms with Gasteiger partial charge in [0.2, 0.25) is 0 Å². The maximum absolute atomic E-state index is 12.0. The zero-order valence-corrected chi connectivity index (χ0v) is 13.3. The summed E-state index contributed by atoms with van der Waals surface area (Å²) in [7, 11) is 2.97. The Hall–Kier alpha value is -1.70. The number of hydrogen-bond donors (Lipinski definition) is 2. The minimum Gasteiger partial charge on any atom is -0.460 e. The number of nitrogens with one attached hydrogen (secondary N) is 2. The van der Waals surface area contributed by atoms with Crippen LogP contribution in [0.5, 0.6) is 0 Å². The average Bonchev–Trinajstić information content (AvgIpc) is 2.32. The van der Waals surface area contributed by atoms with E-state index >= 15 is 0 Å². The van der Waals surface area contributed by atoms with E-state index in [1.54, 1.807) is 0 Å². The molecular formula is C12H22N4O3S. The summed E-state index contributed by atoms with van der Waals surface area (Å²) in [6.45, 7) is 9.22. The number of imide groups is 1. The largest absolute Gasteiger partial charge is 0.460 e. The van der Waals surface area contributed by atoms with Gasteiger partial charge in [0.1, 0.15) is 6.61 Å². The summed E-state index contributed by atoms with van der Waals surface area (Å²) in [6.07, 6.45) is 1.43. The van der Waals surface area contributed by atoms with Crippen molar-refractivity contribution in [3.8, 4) is 0 Å². The first-order chi connectivity index (χ1) is 9.10. The lowest BCUT2D eigenvalue weighted by Gasteiger charge is -2.25. The van der Waals surface area contributed by atoms with Crippen molar-refractivity contribution in [2.75, 3.05) is 20.7 Å². The van der Waals surface area contributed by atoms with Gasteiger partial charge in [0.05, 0.1) is 0 Å². The fourth-order valence-electron chi connectivity index (χ4n) is 0.911. The summed E-state index contributed by atoms with van der Waals surface area (Å²) in [5.41, 5.74) is 0. The van der Waals surface area contributed by atoms with Gasteiger partial charge in [0, 0.05) is 18.8 Å². The number of nitrogens with zero attached hydrogens (tertiary/aromatic N) is 2. The molecule has 0 spiro atoms. The monoisotopic (exact) mass is 302 g/mol. The number of amidine groups is 1. The van der Waals surface area contributed by atoms with E-state index < -0.39 is 18.1 Å². The quantitative estimate of drug-likeness (QED) is 0.362. The summed E-state index contributed by atoms with van der Waals surface area (Å²) < 4.78 is 7.26. The molecular weight excluding hydrogens is 280 g/mol. The number of ether oxygens (including phenoxy) is 1. The van der Waals surface area contributed by atoms with Gasteiger partial charge >= 0.3 is 18.1 Å². The third kappa shape index (κ3) is 6.46. The molecule has 0 bridgehead atoms. The van der Waals surface area contributed by atoms with E-state index in [0.717, 1.165) is 11.9 Å². The third-order valence-electron chi connectivity index (χ3n) is 1.76. The molecule has 0 aromatic rings. The molecule has 0 aromatic carbocycles. The van der Waals surface area contributed by atoms with Crippen molar-refractivity contribution in [3.63, 3.8) is 0 Å². The number of urea groups is 2. The van der Waals surface area contributed by atoms with Crippen molar-refractivity contribution in [2.24, 2.45) is 0 Å². The average molecular weight is 302 g/mol. The zero-order valence-electron chi connectivity index (χ0n) is 12.5. The highest BCUT2D eigenvalue weighted by atomic mass is 32.2. The van der Waals surface area contributed by atoms with Crippen LogP contribution in [0.25, 0.3) is 0 Å². The Bertz CT molecular complexity index is 391. The van der Waals surface area contributed by atoms with Gasteiger partial charge in [-0.1, -0.05) is 12.7 Å². The first-order valence-corrected chi connectivity index (χ1v) is 6.73. The minimum absolute atomic E-state index is 0.0374. The van der Waals surface area contributed by atoms with Gasteiger partial charge in [-0.3, -0.25) is 10.1 Å². The van der Waals surface area contributed by atoms with Gasteiger partial charge in [-0.15, -0.1) is 0 Å². The second-order valence-corrected chi connectivity index (χ2v) is 6.67. The molecule has 0 unspecified atom stereocenters. The van der Waals surface area contributed by atoms with Crippen LogP contribution in [0.4, 0.5) is 9.59 Å². The first kappa shape index (κ1) is 18.3. The third-order valence-corrected chi connectivity index (χ3v) is 2.65. The molecule has 2 N–H and O–H groups in total. The Kier molecular flexibility index (Phi) is 7.12. The molecule has 0 aliphatic carbocycles. The molecule has 0 saturated heterocycles. The van der Waals surface area contributed by atoms with E-state index in [9.17, 15) is 9.59 Å². The number of hydrogen-bond acceptors (Lipinski definition) is 5. The fraction of sp³-hybridized carbons (Fsp3) is 0.583. The van der Waals surface area contributed by atoms with E-state index in [4.69, 9.17) is 10.1 Å². The maximum Gasteiger partial charge on any atom is 0.343 e. The molecule has 0 saturated carbocycles. The Morgan fingerprint density at radius 2 is 1.95 bits per heavy atom. The van der Waals surface area contributed by atoms with E-state index in [-0.39, 0.29) is 11.4 Å². The molecule has 7 nitrogen and oxygen atoms in total. The Labute approximate surface area is 124 Å². The molecule has 0 rings (SSSR count). The lowest BCUT2D eigenvalue weighted by molar-refractivity contribution is 0.177. The Morgan fingerprint density at radius 1 is 1.40 bits per heavy atom. The smallest absolute Gasteiger partial charge is 0.343 e. The lowest BCUT2D eigenvalue weighted by atomic mass is 10.3. The highest BCUT2D eigenvalue weighted by Crippen LogP contribution is 2.19. The van der Waals surface area contributed by atoms with Crippen molar-refractivity contribution in [2.45, 2.75) is 25.5 Å². The van der Waals surface area contributed by atoms with E-state index in [0.29, 0.717) is 4.90 Å². The number of rotatable bonds is 3. The molecule has 4 amide bonds.